The first kappa shape index (κ1) is 9.65. The summed E-state index contributed by atoms with van der Waals surface area (Å²) in [7, 11) is 0. The summed E-state index contributed by atoms with van der Waals surface area (Å²) in [5.41, 5.74) is 6.30. The van der Waals surface area contributed by atoms with Gasteiger partial charge in [0.25, 0.3) is 0 Å². The molecule has 2 rings (SSSR count). The molecule has 4 heteroatoms. The number of rotatable bonds is 2. The Kier molecular flexibility index (Phi) is 2.31. The molecule has 0 aromatic carbocycles. The van der Waals surface area contributed by atoms with Crippen molar-refractivity contribution in [3.05, 3.63) is 12.4 Å². The van der Waals surface area contributed by atoms with Crippen LogP contribution in [0.15, 0.2) is 12.4 Å². The van der Waals surface area contributed by atoms with E-state index in [9.17, 15) is 0 Å². The molecule has 78 valence electrons. The summed E-state index contributed by atoms with van der Waals surface area (Å²) in [5.74, 6) is 0.602. The fraction of sp³-hybridized carbons (Fsp3) is 0.800. The molecule has 0 saturated heterocycles. The van der Waals surface area contributed by atoms with Crippen molar-refractivity contribution < 1.29 is 0 Å². The van der Waals surface area contributed by atoms with Crippen LogP contribution in [-0.2, 0) is 6.54 Å². The molecule has 1 aromatic heterocycles. The number of nitrogens with zero attached hydrogens (tertiary/aromatic N) is 3. The Bertz CT molecular complexity index is 291. The van der Waals surface area contributed by atoms with E-state index in [0.717, 1.165) is 13.0 Å². The van der Waals surface area contributed by atoms with Crippen molar-refractivity contribution in [2.45, 2.75) is 39.3 Å². The Morgan fingerprint density at radius 2 is 2.00 bits per heavy atom. The Balaban J connectivity index is 2.06. The highest BCUT2D eigenvalue weighted by Crippen LogP contribution is 2.42. The largest absolute Gasteiger partial charge is 0.327 e. The van der Waals surface area contributed by atoms with Crippen LogP contribution < -0.4 is 5.73 Å². The molecule has 1 heterocycles. The van der Waals surface area contributed by atoms with Crippen molar-refractivity contribution in [3.63, 3.8) is 0 Å². The van der Waals surface area contributed by atoms with Crippen LogP contribution in [0.1, 0.15) is 26.7 Å². The van der Waals surface area contributed by atoms with Crippen LogP contribution in [0.5, 0.6) is 0 Å². The van der Waals surface area contributed by atoms with Gasteiger partial charge in [-0.15, -0.1) is 0 Å². The molecule has 0 bridgehead atoms. The molecule has 0 radical (unpaired) electrons. The second-order valence-electron chi connectivity index (χ2n) is 4.79. The van der Waals surface area contributed by atoms with Gasteiger partial charge in [-0.3, -0.25) is 0 Å². The second kappa shape index (κ2) is 3.35. The third kappa shape index (κ3) is 1.54. The van der Waals surface area contributed by atoms with Gasteiger partial charge >= 0.3 is 0 Å². The lowest BCUT2D eigenvalue weighted by Crippen LogP contribution is -2.37. The van der Waals surface area contributed by atoms with E-state index in [0.29, 0.717) is 12.0 Å². The van der Waals surface area contributed by atoms with Gasteiger partial charge in [-0.2, -0.15) is 15.0 Å². The van der Waals surface area contributed by atoms with Crippen molar-refractivity contribution in [2.24, 2.45) is 17.1 Å². The third-order valence-electron chi connectivity index (χ3n) is 3.68. The Morgan fingerprint density at radius 1 is 1.36 bits per heavy atom. The van der Waals surface area contributed by atoms with Gasteiger partial charge in [-0.05, 0) is 24.2 Å². The van der Waals surface area contributed by atoms with Gasteiger partial charge in [-0.25, -0.2) is 0 Å². The zero-order valence-corrected chi connectivity index (χ0v) is 8.85. The average Bonchev–Trinajstić information content (AvgIpc) is 2.70. The molecule has 1 aliphatic carbocycles. The Labute approximate surface area is 84.5 Å². The van der Waals surface area contributed by atoms with E-state index in [2.05, 4.69) is 24.0 Å². The van der Waals surface area contributed by atoms with Crippen LogP contribution in [0.4, 0.5) is 0 Å². The SMILES string of the molecule is CC1(C)C(N)CCC1Cn1nccn1. The predicted octanol–water partition coefficient (Wildman–Crippen LogP) is 1.04. The summed E-state index contributed by atoms with van der Waals surface area (Å²) in [6, 6.07) is 0.322. The maximum Gasteiger partial charge on any atom is 0.0693 e. The van der Waals surface area contributed by atoms with Gasteiger partial charge in [0, 0.05) is 6.04 Å². The van der Waals surface area contributed by atoms with Crippen LogP contribution in [0.3, 0.4) is 0 Å². The van der Waals surface area contributed by atoms with Gasteiger partial charge < -0.3 is 5.73 Å². The van der Waals surface area contributed by atoms with E-state index in [-0.39, 0.29) is 5.41 Å². The molecule has 0 amide bonds. The Morgan fingerprint density at radius 3 is 2.50 bits per heavy atom. The van der Waals surface area contributed by atoms with Crippen molar-refractivity contribution in [1.82, 2.24) is 15.0 Å². The molecular formula is C10H18N4. The van der Waals surface area contributed by atoms with Gasteiger partial charge in [0.05, 0.1) is 18.9 Å². The molecule has 2 unspecified atom stereocenters. The first-order chi connectivity index (χ1) is 6.60. The normalized spacial score (nSPS) is 30.8. The molecule has 1 aromatic rings. The number of hydrogen-bond acceptors (Lipinski definition) is 3. The van der Waals surface area contributed by atoms with Crippen molar-refractivity contribution in [3.8, 4) is 0 Å². The minimum atomic E-state index is 0.216. The smallest absolute Gasteiger partial charge is 0.0693 e. The van der Waals surface area contributed by atoms with Crippen molar-refractivity contribution >= 4 is 0 Å². The first-order valence-electron chi connectivity index (χ1n) is 5.20. The van der Waals surface area contributed by atoms with Crippen molar-refractivity contribution in [1.29, 1.82) is 0 Å². The summed E-state index contributed by atoms with van der Waals surface area (Å²) in [6.07, 6.45) is 5.76. The second-order valence-corrected chi connectivity index (χ2v) is 4.79. The lowest BCUT2D eigenvalue weighted by molar-refractivity contribution is 0.196. The van der Waals surface area contributed by atoms with Crippen LogP contribution >= 0.6 is 0 Å². The quantitative estimate of drug-likeness (QED) is 0.765. The zero-order chi connectivity index (χ0) is 10.2. The highest BCUT2D eigenvalue weighted by molar-refractivity contribution is 4.93. The van der Waals surface area contributed by atoms with Crippen LogP contribution in [0, 0.1) is 11.3 Å². The van der Waals surface area contributed by atoms with Crippen LogP contribution in [0.2, 0.25) is 0 Å². The van der Waals surface area contributed by atoms with Crippen LogP contribution in [0.25, 0.3) is 0 Å². The monoisotopic (exact) mass is 194 g/mol. The first-order valence-corrected chi connectivity index (χ1v) is 5.20. The van der Waals surface area contributed by atoms with E-state index >= 15 is 0 Å². The summed E-state index contributed by atoms with van der Waals surface area (Å²) in [5, 5.41) is 8.27. The maximum atomic E-state index is 6.08. The molecule has 0 spiro atoms. The van der Waals surface area contributed by atoms with E-state index < -0.39 is 0 Å². The van der Waals surface area contributed by atoms with Gasteiger partial charge in [0.15, 0.2) is 0 Å². The summed E-state index contributed by atoms with van der Waals surface area (Å²) in [4.78, 5) is 1.77. The molecule has 0 aliphatic heterocycles. The Hall–Kier alpha value is -0.900. The summed E-state index contributed by atoms with van der Waals surface area (Å²) < 4.78 is 0. The standard InChI is InChI=1S/C10H18N4/c1-10(2)8(3-4-9(10)11)7-14-12-5-6-13-14/h5-6,8-9H,3-4,7,11H2,1-2H3. The zero-order valence-electron chi connectivity index (χ0n) is 8.85. The van der Waals surface area contributed by atoms with E-state index in [1.54, 1.807) is 17.2 Å². The number of nitrogens with two attached hydrogens (primary N) is 1. The van der Waals surface area contributed by atoms with Gasteiger partial charge in [-0.1, -0.05) is 13.8 Å². The topological polar surface area (TPSA) is 56.7 Å². The predicted molar refractivity (Wildman–Crippen MR) is 54.5 cm³/mol. The highest BCUT2D eigenvalue weighted by atomic mass is 15.5. The lowest BCUT2D eigenvalue weighted by Gasteiger charge is -2.30. The number of hydrogen-bond donors (Lipinski definition) is 1. The summed E-state index contributed by atoms with van der Waals surface area (Å²) >= 11 is 0. The minimum Gasteiger partial charge on any atom is -0.327 e. The van der Waals surface area contributed by atoms with Gasteiger partial charge in [0.2, 0.25) is 0 Å². The van der Waals surface area contributed by atoms with E-state index in [4.69, 9.17) is 5.73 Å². The van der Waals surface area contributed by atoms with Crippen molar-refractivity contribution in [2.75, 3.05) is 0 Å². The van der Waals surface area contributed by atoms with E-state index in [1.807, 2.05) is 0 Å². The molecule has 2 N–H and O–H groups in total. The summed E-state index contributed by atoms with van der Waals surface area (Å²) in [6.45, 7) is 5.39. The lowest BCUT2D eigenvalue weighted by atomic mass is 9.79. The molecule has 2 atom stereocenters. The molecule has 1 aliphatic rings. The van der Waals surface area contributed by atoms with Crippen LogP contribution in [-0.4, -0.2) is 21.0 Å². The molecule has 1 fully saturated rings. The molecule has 14 heavy (non-hydrogen) atoms. The average molecular weight is 194 g/mol. The minimum absolute atomic E-state index is 0.216. The molecule has 1 saturated carbocycles. The maximum absolute atomic E-state index is 6.08. The highest BCUT2D eigenvalue weighted by Gasteiger charge is 2.41. The van der Waals surface area contributed by atoms with E-state index in [1.165, 1.54) is 6.42 Å². The fourth-order valence-electron chi connectivity index (χ4n) is 2.29. The molecular weight excluding hydrogens is 176 g/mol. The third-order valence-corrected chi connectivity index (χ3v) is 3.68. The number of aromatic nitrogens is 3. The van der Waals surface area contributed by atoms with Gasteiger partial charge in [0.1, 0.15) is 0 Å². The molecule has 4 nitrogen and oxygen atoms in total. The fourth-order valence-corrected chi connectivity index (χ4v) is 2.29.